The highest BCUT2D eigenvalue weighted by atomic mass is 16.5. The molecule has 4 saturated carbocycles. The first-order valence-electron chi connectivity index (χ1n) is 15.9. The predicted molar refractivity (Wildman–Crippen MR) is 157 cm³/mol. The molecule has 0 aromatic heterocycles. The van der Waals surface area contributed by atoms with Gasteiger partial charge in [-0.2, -0.15) is 0 Å². The molecule has 2 unspecified atom stereocenters. The van der Waals surface area contributed by atoms with Gasteiger partial charge in [-0.3, -0.25) is 0 Å². The summed E-state index contributed by atoms with van der Waals surface area (Å²) in [7, 11) is 1.51. The number of phenolic OH excluding ortho intramolecular Hbond substituents is 1. The number of hydrogen-bond donors (Lipinski definition) is 1. The number of aromatic hydroxyl groups is 1. The van der Waals surface area contributed by atoms with Gasteiger partial charge < -0.3 is 14.6 Å². The lowest BCUT2D eigenvalue weighted by Gasteiger charge is -2.61. The highest BCUT2D eigenvalue weighted by molar-refractivity contribution is 5.87. The lowest BCUT2D eigenvalue weighted by atomic mass is 9.44. The first kappa shape index (κ1) is 28.6. The summed E-state index contributed by atoms with van der Waals surface area (Å²) in [5, 5.41) is 9.76. The van der Waals surface area contributed by atoms with E-state index in [4.69, 9.17) is 9.47 Å². The second-order valence-electron chi connectivity index (χ2n) is 14.2. The van der Waals surface area contributed by atoms with Crippen molar-refractivity contribution >= 4 is 12.0 Å². The number of hydrogen-bond acceptors (Lipinski definition) is 4. The zero-order chi connectivity index (χ0) is 27.8. The van der Waals surface area contributed by atoms with E-state index in [9.17, 15) is 9.90 Å². The maximum atomic E-state index is 12.5. The van der Waals surface area contributed by atoms with Crippen LogP contribution < -0.4 is 4.74 Å². The molecule has 4 heteroatoms. The fraction of sp³-hybridized carbons (Fsp3) is 0.743. The van der Waals surface area contributed by atoms with E-state index in [2.05, 4.69) is 20.8 Å². The van der Waals surface area contributed by atoms with Gasteiger partial charge >= 0.3 is 5.97 Å². The summed E-state index contributed by atoms with van der Waals surface area (Å²) < 4.78 is 10.9. The Bertz CT molecular complexity index is 1050. The zero-order valence-electron chi connectivity index (χ0n) is 25.1. The molecule has 216 valence electrons. The van der Waals surface area contributed by atoms with Crippen molar-refractivity contribution < 1.29 is 19.4 Å². The SMILES string of the molecule is COc1cc(/C=C/C(=O)OC(C)CC[C@@H](C)[C@H]2CC[C@H]3[C@@H]4CCC5CCCC[C@]5(C)[C@H]4CC[C@]23C)ccc1O. The molecule has 1 aromatic carbocycles. The van der Waals surface area contributed by atoms with Crippen molar-refractivity contribution in [1.29, 1.82) is 0 Å². The van der Waals surface area contributed by atoms with Crippen LogP contribution in [0.1, 0.15) is 110 Å². The van der Waals surface area contributed by atoms with Gasteiger partial charge in [-0.1, -0.05) is 39.7 Å². The summed E-state index contributed by atoms with van der Waals surface area (Å²) in [6.45, 7) is 9.83. The van der Waals surface area contributed by atoms with E-state index in [1.54, 1.807) is 24.3 Å². The Labute approximate surface area is 236 Å². The highest BCUT2D eigenvalue weighted by Gasteiger charge is 2.60. The molecule has 4 aliphatic rings. The number of esters is 1. The molecule has 0 saturated heterocycles. The molecule has 0 amide bonds. The Morgan fingerprint density at radius 2 is 1.79 bits per heavy atom. The van der Waals surface area contributed by atoms with E-state index in [0.29, 0.717) is 22.5 Å². The minimum Gasteiger partial charge on any atom is -0.504 e. The standard InChI is InChI=1S/C35H52O4/c1-23(9-10-24(2)39-33(37)18-12-25-11-17-31(36)32(22-25)38-5)28-15-16-29-27-14-13-26-8-6-7-20-34(26,3)30(27)19-21-35(28,29)4/h11-12,17-18,22-24,26-30,36H,6-10,13-16,19-21H2,1-5H3/b18-12+/t23-,24?,26?,27+,28-,29+,30+,34+,35-/m1/s1. The molecule has 0 spiro atoms. The Balaban J connectivity index is 1.13. The summed E-state index contributed by atoms with van der Waals surface area (Å²) in [5.41, 5.74) is 1.90. The van der Waals surface area contributed by atoms with E-state index in [1.165, 1.54) is 77.4 Å². The molecule has 0 aliphatic heterocycles. The van der Waals surface area contributed by atoms with Crippen molar-refractivity contribution in [3.05, 3.63) is 29.8 Å². The fourth-order valence-corrected chi connectivity index (χ4v) is 10.2. The van der Waals surface area contributed by atoms with Gasteiger partial charge in [0.2, 0.25) is 0 Å². The van der Waals surface area contributed by atoms with Crippen LogP contribution in [-0.2, 0) is 9.53 Å². The van der Waals surface area contributed by atoms with E-state index < -0.39 is 0 Å². The average molecular weight is 537 g/mol. The van der Waals surface area contributed by atoms with Crippen molar-refractivity contribution in [3.63, 3.8) is 0 Å². The number of carbonyl (C=O) groups excluding carboxylic acids is 1. The predicted octanol–water partition coefficient (Wildman–Crippen LogP) is 8.81. The number of benzene rings is 1. The Kier molecular flexibility index (Phi) is 8.41. The van der Waals surface area contributed by atoms with Crippen molar-refractivity contribution in [1.82, 2.24) is 0 Å². The molecular weight excluding hydrogens is 484 g/mol. The van der Waals surface area contributed by atoms with Gasteiger partial charge in [-0.05, 0) is 141 Å². The maximum Gasteiger partial charge on any atom is 0.331 e. The van der Waals surface area contributed by atoms with Crippen LogP contribution in [0.15, 0.2) is 24.3 Å². The first-order valence-corrected chi connectivity index (χ1v) is 15.9. The smallest absolute Gasteiger partial charge is 0.331 e. The van der Waals surface area contributed by atoms with Gasteiger partial charge in [0.1, 0.15) is 0 Å². The molecule has 4 nitrogen and oxygen atoms in total. The number of fused-ring (bicyclic) bond motifs is 5. The lowest BCUT2D eigenvalue weighted by Crippen LogP contribution is -2.53. The quantitative estimate of drug-likeness (QED) is 0.266. The van der Waals surface area contributed by atoms with Crippen LogP contribution in [0.2, 0.25) is 0 Å². The minimum absolute atomic E-state index is 0.0846. The van der Waals surface area contributed by atoms with Gasteiger partial charge in [-0.25, -0.2) is 4.79 Å². The molecule has 5 rings (SSSR count). The Morgan fingerprint density at radius 1 is 1.00 bits per heavy atom. The first-order chi connectivity index (χ1) is 18.7. The molecular formula is C35H52O4. The van der Waals surface area contributed by atoms with E-state index in [0.717, 1.165) is 48.0 Å². The van der Waals surface area contributed by atoms with Crippen LogP contribution >= 0.6 is 0 Å². The molecule has 4 aliphatic carbocycles. The molecule has 1 N–H and O–H groups in total. The number of methoxy groups -OCH3 is 1. The maximum absolute atomic E-state index is 12.5. The van der Waals surface area contributed by atoms with Crippen LogP contribution in [0.3, 0.4) is 0 Å². The number of carbonyl (C=O) groups is 1. The van der Waals surface area contributed by atoms with Crippen molar-refractivity contribution in [3.8, 4) is 11.5 Å². The second kappa shape index (κ2) is 11.5. The van der Waals surface area contributed by atoms with Crippen molar-refractivity contribution in [2.75, 3.05) is 7.11 Å². The molecule has 0 bridgehead atoms. The van der Waals surface area contributed by atoms with Crippen LogP contribution in [-0.4, -0.2) is 24.3 Å². The number of rotatable bonds is 8. The van der Waals surface area contributed by atoms with E-state index >= 15 is 0 Å². The largest absolute Gasteiger partial charge is 0.504 e. The fourth-order valence-electron chi connectivity index (χ4n) is 10.2. The molecule has 1 aromatic rings. The average Bonchev–Trinajstić information content (AvgIpc) is 3.28. The summed E-state index contributed by atoms with van der Waals surface area (Å²) >= 11 is 0. The third-order valence-electron chi connectivity index (χ3n) is 12.3. The zero-order valence-corrected chi connectivity index (χ0v) is 25.1. The summed E-state index contributed by atoms with van der Waals surface area (Å²) in [4.78, 5) is 12.5. The Hall–Kier alpha value is -1.97. The second-order valence-corrected chi connectivity index (χ2v) is 14.2. The van der Waals surface area contributed by atoms with Crippen LogP contribution in [0, 0.1) is 46.3 Å². The van der Waals surface area contributed by atoms with Crippen LogP contribution in [0.5, 0.6) is 11.5 Å². The lowest BCUT2D eigenvalue weighted by molar-refractivity contribution is -0.142. The van der Waals surface area contributed by atoms with Gasteiger partial charge in [0.05, 0.1) is 13.2 Å². The third kappa shape index (κ3) is 5.51. The minimum atomic E-state index is -0.319. The summed E-state index contributed by atoms with van der Waals surface area (Å²) in [6, 6.07) is 5.01. The van der Waals surface area contributed by atoms with Gasteiger partial charge in [0.15, 0.2) is 11.5 Å². The Morgan fingerprint density at radius 3 is 2.59 bits per heavy atom. The van der Waals surface area contributed by atoms with Crippen LogP contribution in [0.4, 0.5) is 0 Å². The van der Waals surface area contributed by atoms with Gasteiger partial charge in [0, 0.05) is 6.08 Å². The monoisotopic (exact) mass is 536 g/mol. The van der Waals surface area contributed by atoms with Crippen LogP contribution in [0.25, 0.3) is 6.08 Å². The third-order valence-corrected chi connectivity index (χ3v) is 12.3. The molecule has 0 radical (unpaired) electrons. The van der Waals surface area contributed by atoms with Crippen molar-refractivity contribution in [2.24, 2.45) is 46.3 Å². The molecule has 4 fully saturated rings. The van der Waals surface area contributed by atoms with Crippen molar-refractivity contribution in [2.45, 2.75) is 111 Å². The number of ether oxygens (including phenoxy) is 2. The van der Waals surface area contributed by atoms with E-state index in [1.807, 2.05) is 6.92 Å². The summed E-state index contributed by atoms with van der Waals surface area (Å²) in [5.74, 6) is 5.46. The molecule has 0 heterocycles. The van der Waals surface area contributed by atoms with Gasteiger partial charge in [0.25, 0.3) is 0 Å². The highest BCUT2D eigenvalue weighted by Crippen LogP contribution is 2.68. The summed E-state index contributed by atoms with van der Waals surface area (Å²) in [6.07, 6.45) is 19.7. The number of phenols is 1. The molecule has 9 atom stereocenters. The van der Waals surface area contributed by atoms with Gasteiger partial charge in [-0.15, -0.1) is 0 Å². The normalized spacial score (nSPS) is 37.4. The van der Waals surface area contributed by atoms with E-state index in [-0.39, 0.29) is 17.8 Å². The molecule has 39 heavy (non-hydrogen) atoms. The topological polar surface area (TPSA) is 55.8 Å².